The van der Waals surface area contributed by atoms with E-state index in [9.17, 15) is 34.2 Å². The van der Waals surface area contributed by atoms with Crippen LogP contribution in [0.1, 0.15) is 26.7 Å². The summed E-state index contributed by atoms with van der Waals surface area (Å²) in [6.45, 7) is 5.64. The van der Waals surface area contributed by atoms with E-state index in [1.165, 1.54) is 27.7 Å². The largest absolute Gasteiger partial charge is 0.481 e. The molecule has 4 fully saturated rings. The maximum atomic E-state index is 13.5. The number of hydrogen-bond donors (Lipinski definition) is 5. The third-order valence-electron chi connectivity index (χ3n) is 9.67. The second-order valence-corrected chi connectivity index (χ2v) is 13.5. The molecule has 3 unspecified atom stereocenters. The molecule has 4 saturated heterocycles. The normalized spacial score (nSPS) is 34.0. The number of fused-ring (bicyclic) bond motifs is 2. The molecule has 16 nitrogen and oxygen atoms in total. The van der Waals surface area contributed by atoms with E-state index in [1.807, 2.05) is 6.92 Å². The zero-order valence-corrected chi connectivity index (χ0v) is 24.6. The Hall–Kier alpha value is -3.57. The number of carboxylic acid groups (broad SMARTS) is 2. The van der Waals surface area contributed by atoms with Gasteiger partial charge in [0.1, 0.15) is 24.0 Å². The highest BCUT2D eigenvalue weighted by molar-refractivity contribution is 8.03. The third kappa shape index (κ3) is 4.96. The number of piperidine rings is 1. The summed E-state index contributed by atoms with van der Waals surface area (Å²) < 4.78 is 1.26. The van der Waals surface area contributed by atoms with Gasteiger partial charge in [0.05, 0.1) is 18.0 Å². The second-order valence-electron chi connectivity index (χ2n) is 12.2. The first kappa shape index (κ1) is 29.5. The summed E-state index contributed by atoms with van der Waals surface area (Å²) in [5, 5.41) is 39.9. The number of nitrogens with zero attached hydrogens (tertiary/aromatic N) is 6. The summed E-state index contributed by atoms with van der Waals surface area (Å²) in [6, 6.07) is -1.45. The lowest BCUT2D eigenvalue weighted by Gasteiger charge is -2.47. The Morgan fingerprint density at radius 1 is 1.26 bits per heavy atom. The summed E-state index contributed by atoms with van der Waals surface area (Å²) >= 11 is 1.38. The maximum Gasteiger partial charge on any atom is 0.353 e. The van der Waals surface area contributed by atoms with Crippen molar-refractivity contribution in [1.29, 1.82) is 0 Å². The molecule has 0 radical (unpaired) electrons. The van der Waals surface area contributed by atoms with Gasteiger partial charge >= 0.3 is 11.9 Å². The number of aromatic nitrogens is 4. The number of rotatable bonds is 9. The SMILES string of the molecule is C[C@@H](NC(=O)Cn1cnnn1)[C@H]1C(=O)N2C(C(=O)O)=C(S[C@@H]3CNC(C(=O)N4CCC5CNCC5(C(=O)O)C4)C3)[C@H](C)[C@H]12. The minimum Gasteiger partial charge on any atom is -0.481 e. The van der Waals surface area contributed by atoms with Gasteiger partial charge in [-0.1, -0.05) is 6.92 Å². The Bertz CT molecular complexity index is 1370. The predicted octanol–water partition coefficient (Wildman–Crippen LogP) is -2.06. The van der Waals surface area contributed by atoms with Crippen LogP contribution in [0, 0.1) is 23.2 Å². The summed E-state index contributed by atoms with van der Waals surface area (Å²) in [5.41, 5.74) is -1.01. The van der Waals surface area contributed by atoms with Gasteiger partial charge < -0.3 is 36.0 Å². The van der Waals surface area contributed by atoms with Gasteiger partial charge in [-0.25, -0.2) is 9.48 Å². The zero-order valence-electron chi connectivity index (χ0n) is 23.8. The van der Waals surface area contributed by atoms with Crippen LogP contribution in [-0.2, 0) is 30.5 Å². The Labute approximate surface area is 251 Å². The first-order valence-corrected chi connectivity index (χ1v) is 15.3. The summed E-state index contributed by atoms with van der Waals surface area (Å²) in [6.07, 6.45) is 2.39. The molecule has 8 atom stereocenters. The highest BCUT2D eigenvalue weighted by Gasteiger charge is 2.61. The number of nitrogens with one attached hydrogen (secondary N) is 3. The van der Waals surface area contributed by atoms with Crippen LogP contribution in [0.25, 0.3) is 0 Å². The number of carbonyl (C=O) groups is 5. The molecule has 0 saturated carbocycles. The topological polar surface area (TPSA) is 212 Å². The molecule has 43 heavy (non-hydrogen) atoms. The van der Waals surface area contributed by atoms with Crippen molar-refractivity contribution >= 4 is 41.4 Å². The Morgan fingerprint density at radius 2 is 2.05 bits per heavy atom. The van der Waals surface area contributed by atoms with Crippen molar-refractivity contribution < 1.29 is 34.2 Å². The van der Waals surface area contributed by atoms with Gasteiger partial charge in [-0.15, -0.1) is 16.9 Å². The maximum absolute atomic E-state index is 13.5. The van der Waals surface area contributed by atoms with Crippen LogP contribution in [0.2, 0.25) is 0 Å². The van der Waals surface area contributed by atoms with Gasteiger partial charge in [-0.2, -0.15) is 0 Å². The zero-order chi connectivity index (χ0) is 30.6. The average Bonchev–Trinajstić information content (AvgIpc) is 3.75. The summed E-state index contributed by atoms with van der Waals surface area (Å²) in [4.78, 5) is 67.3. The van der Waals surface area contributed by atoms with E-state index >= 15 is 0 Å². The van der Waals surface area contributed by atoms with E-state index in [0.717, 1.165) is 0 Å². The van der Waals surface area contributed by atoms with Crippen LogP contribution >= 0.6 is 11.8 Å². The molecule has 17 heteroatoms. The van der Waals surface area contributed by atoms with Gasteiger partial charge in [0.2, 0.25) is 17.7 Å². The molecule has 1 aromatic rings. The van der Waals surface area contributed by atoms with Crippen molar-refractivity contribution in [3.05, 3.63) is 16.9 Å². The molecule has 1 aromatic heterocycles. The molecule has 6 heterocycles. The predicted molar refractivity (Wildman–Crippen MR) is 149 cm³/mol. The van der Waals surface area contributed by atoms with Gasteiger partial charge in [0.15, 0.2) is 0 Å². The van der Waals surface area contributed by atoms with E-state index in [2.05, 4.69) is 31.5 Å². The molecule has 0 aromatic carbocycles. The number of carbonyl (C=O) groups excluding carboxylic acids is 3. The van der Waals surface area contributed by atoms with Crippen molar-refractivity contribution in [2.45, 2.75) is 56.6 Å². The monoisotopic (exact) mass is 617 g/mol. The number of hydrogen-bond acceptors (Lipinski definition) is 11. The van der Waals surface area contributed by atoms with Crippen molar-refractivity contribution in [2.24, 2.45) is 23.2 Å². The van der Waals surface area contributed by atoms with Crippen LogP contribution in [0.3, 0.4) is 0 Å². The van der Waals surface area contributed by atoms with E-state index in [1.54, 1.807) is 11.8 Å². The molecular weight excluding hydrogens is 582 g/mol. The van der Waals surface area contributed by atoms with Crippen molar-refractivity contribution in [2.75, 3.05) is 32.7 Å². The first-order valence-electron chi connectivity index (χ1n) is 14.5. The van der Waals surface area contributed by atoms with Gasteiger partial charge in [-0.3, -0.25) is 19.2 Å². The minimum atomic E-state index is -1.19. The highest BCUT2D eigenvalue weighted by Crippen LogP contribution is 2.52. The fourth-order valence-corrected chi connectivity index (χ4v) is 8.96. The van der Waals surface area contributed by atoms with Crippen LogP contribution in [0.15, 0.2) is 16.9 Å². The van der Waals surface area contributed by atoms with Crippen molar-refractivity contribution in [3.8, 4) is 0 Å². The summed E-state index contributed by atoms with van der Waals surface area (Å²) in [5.74, 6) is -3.80. The van der Waals surface area contributed by atoms with Crippen LogP contribution < -0.4 is 16.0 Å². The molecule has 0 bridgehead atoms. The van der Waals surface area contributed by atoms with Gasteiger partial charge in [0.25, 0.3) is 0 Å². The fourth-order valence-electron chi connectivity index (χ4n) is 7.48. The van der Waals surface area contributed by atoms with Gasteiger partial charge in [-0.05, 0) is 42.7 Å². The minimum absolute atomic E-state index is 0.00180. The number of tetrazole rings is 1. The molecule has 5 N–H and O–H groups in total. The smallest absolute Gasteiger partial charge is 0.353 e. The number of thioether (sulfide) groups is 1. The standard InChI is InChI=1S/C26H35N9O7S/c1-12-19-18(13(2)30-17(36)8-34-11-29-31-32-34)23(38)35(19)20(24(39)40)21(12)43-15-5-16(28-7-15)22(37)33-4-3-14-6-27-9-26(14,10-33)25(41)42/h11-16,18-19,27-28H,3-10H2,1-2H3,(H,30,36)(H,39,40)(H,41,42)/t12-,13-,14?,15+,16?,18-,19-,26?/m1/s1. The average molecular weight is 618 g/mol. The lowest BCUT2D eigenvalue weighted by atomic mass is 9.73. The second kappa shape index (κ2) is 11.2. The van der Waals surface area contributed by atoms with Crippen molar-refractivity contribution in [1.82, 2.24) is 46.0 Å². The van der Waals surface area contributed by atoms with Crippen LogP contribution in [-0.4, -0.2) is 126 Å². The molecule has 6 rings (SSSR count). The lowest BCUT2D eigenvalue weighted by Crippen LogP contribution is -2.66. The summed E-state index contributed by atoms with van der Waals surface area (Å²) in [7, 11) is 0. The molecule has 3 amide bonds. The van der Waals surface area contributed by atoms with Crippen LogP contribution in [0.5, 0.6) is 0 Å². The molecule has 5 aliphatic rings. The highest BCUT2D eigenvalue weighted by atomic mass is 32.2. The lowest BCUT2D eigenvalue weighted by molar-refractivity contribution is -0.158. The first-order chi connectivity index (χ1) is 20.5. The number of likely N-dealkylation sites (tertiary alicyclic amines) is 1. The van der Waals surface area contributed by atoms with E-state index in [4.69, 9.17) is 0 Å². The quantitative estimate of drug-likeness (QED) is 0.189. The number of carboxylic acids is 2. The van der Waals surface area contributed by atoms with E-state index in [0.29, 0.717) is 43.9 Å². The van der Waals surface area contributed by atoms with E-state index in [-0.39, 0.29) is 53.6 Å². The van der Waals surface area contributed by atoms with Crippen molar-refractivity contribution in [3.63, 3.8) is 0 Å². The fraction of sp³-hybridized carbons (Fsp3) is 0.692. The number of amides is 3. The molecule has 0 aliphatic carbocycles. The Balaban J connectivity index is 1.09. The molecule has 0 spiro atoms. The molecular formula is C26H35N9O7S. The third-order valence-corrected chi connectivity index (χ3v) is 11.2. The Kier molecular flexibility index (Phi) is 7.66. The molecule has 5 aliphatic heterocycles. The van der Waals surface area contributed by atoms with E-state index < -0.39 is 41.4 Å². The Morgan fingerprint density at radius 3 is 2.74 bits per heavy atom. The number of β-lactam (4-membered cyclic amide) rings is 1. The molecule has 232 valence electrons. The number of aliphatic carboxylic acids is 2. The van der Waals surface area contributed by atoms with Crippen LogP contribution in [0.4, 0.5) is 0 Å². The van der Waals surface area contributed by atoms with Gasteiger partial charge in [0, 0.05) is 48.3 Å².